The first-order valence-corrected chi connectivity index (χ1v) is 9.75. The molecule has 0 spiro atoms. The quantitative estimate of drug-likeness (QED) is 0.303. The maximum absolute atomic E-state index is 12.6. The van der Waals surface area contributed by atoms with Crippen LogP contribution in [0.5, 0.6) is 28.7 Å². The van der Waals surface area contributed by atoms with Crippen LogP contribution >= 0.6 is 0 Å². The molecule has 2 aliphatic heterocycles. The van der Waals surface area contributed by atoms with E-state index in [0.717, 1.165) is 6.07 Å². The van der Waals surface area contributed by atoms with Gasteiger partial charge in [-0.05, 0) is 17.7 Å². The molecule has 0 radical (unpaired) electrons. The molecular formula is C21H22O11. The topological polar surface area (TPSA) is 186 Å². The third-order valence-corrected chi connectivity index (χ3v) is 5.45. The summed E-state index contributed by atoms with van der Waals surface area (Å²) in [5.41, 5.74) is 0.337. The molecular weight excluding hydrogens is 428 g/mol. The number of fused-ring (bicyclic) bond motifs is 1. The molecule has 0 saturated carbocycles. The van der Waals surface area contributed by atoms with Crippen molar-refractivity contribution in [2.75, 3.05) is 6.61 Å². The van der Waals surface area contributed by atoms with Gasteiger partial charge in [0.1, 0.15) is 53.3 Å². The van der Waals surface area contributed by atoms with Crippen molar-refractivity contribution < 1.29 is 54.8 Å². The number of phenolic OH excluding ortho intramolecular Hbond substituents is 3. The summed E-state index contributed by atoms with van der Waals surface area (Å²) in [4.78, 5) is 12.6. The number of aliphatic hydroxyl groups is 4. The summed E-state index contributed by atoms with van der Waals surface area (Å²) in [5, 5.41) is 68.8. The fraction of sp³-hybridized carbons (Fsp3) is 0.381. The number of aliphatic hydroxyl groups excluding tert-OH is 4. The highest BCUT2D eigenvalue weighted by atomic mass is 16.7. The minimum Gasteiger partial charge on any atom is -0.507 e. The predicted molar refractivity (Wildman–Crippen MR) is 105 cm³/mol. The zero-order valence-corrected chi connectivity index (χ0v) is 16.5. The molecule has 32 heavy (non-hydrogen) atoms. The van der Waals surface area contributed by atoms with Crippen LogP contribution in [0.4, 0.5) is 0 Å². The molecule has 4 rings (SSSR count). The second-order valence-corrected chi connectivity index (χ2v) is 7.61. The van der Waals surface area contributed by atoms with E-state index in [1.54, 1.807) is 0 Å². The molecule has 4 unspecified atom stereocenters. The van der Waals surface area contributed by atoms with Crippen LogP contribution in [0.15, 0.2) is 30.3 Å². The Hall–Kier alpha value is -3.09. The van der Waals surface area contributed by atoms with E-state index in [4.69, 9.17) is 14.2 Å². The molecule has 7 N–H and O–H groups in total. The monoisotopic (exact) mass is 450 g/mol. The van der Waals surface area contributed by atoms with E-state index in [0.29, 0.717) is 5.56 Å². The van der Waals surface area contributed by atoms with E-state index in [1.807, 2.05) is 0 Å². The average Bonchev–Trinajstić information content (AvgIpc) is 2.75. The standard InChI is InChI=1S/C21H22O11/c22-7-16-18(27)19(28)20(29)21(32-16)30-9-4-12(25)17-13(26)6-14(31-15(17)5-9)8-1-2-10(23)11(24)3-8/h1-5,14,16,18-25,27-29H,6-7H2/t14?,16?,18-,19?,20?,21+/m0/s1. The Morgan fingerprint density at radius 2 is 1.69 bits per heavy atom. The van der Waals surface area contributed by atoms with Crippen LogP contribution in [0.2, 0.25) is 0 Å². The third kappa shape index (κ3) is 3.92. The first-order chi connectivity index (χ1) is 15.2. The third-order valence-electron chi connectivity index (χ3n) is 5.45. The molecule has 1 fully saturated rings. The van der Waals surface area contributed by atoms with Gasteiger partial charge in [-0.1, -0.05) is 6.07 Å². The highest BCUT2D eigenvalue weighted by Crippen LogP contribution is 2.43. The summed E-state index contributed by atoms with van der Waals surface area (Å²) in [6, 6.07) is 6.37. The van der Waals surface area contributed by atoms with Crippen molar-refractivity contribution >= 4 is 5.78 Å². The number of ether oxygens (including phenoxy) is 3. The van der Waals surface area contributed by atoms with Gasteiger partial charge in [-0.2, -0.15) is 0 Å². The van der Waals surface area contributed by atoms with Crippen LogP contribution in [0.3, 0.4) is 0 Å². The van der Waals surface area contributed by atoms with Crippen molar-refractivity contribution in [2.45, 2.75) is 43.2 Å². The Kier molecular flexibility index (Phi) is 5.84. The van der Waals surface area contributed by atoms with Gasteiger partial charge in [0.25, 0.3) is 0 Å². The van der Waals surface area contributed by atoms with E-state index in [2.05, 4.69) is 0 Å². The van der Waals surface area contributed by atoms with Crippen molar-refractivity contribution in [3.05, 3.63) is 41.5 Å². The molecule has 11 heteroatoms. The van der Waals surface area contributed by atoms with Gasteiger partial charge in [0.2, 0.25) is 6.29 Å². The van der Waals surface area contributed by atoms with Gasteiger partial charge in [0.05, 0.1) is 13.0 Å². The molecule has 11 nitrogen and oxygen atoms in total. The molecule has 0 aromatic heterocycles. The zero-order chi connectivity index (χ0) is 23.2. The molecule has 0 bridgehead atoms. The fourth-order valence-corrected chi connectivity index (χ4v) is 3.71. The number of rotatable bonds is 4. The van der Waals surface area contributed by atoms with E-state index in [-0.39, 0.29) is 35.0 Å². The smallest absolute Gasteiger partial charge is 0.229 e. The highest BCUT2D eigenvalue weighted by Gasteiger charge is 2.45. The zero-order valence-electron chi connectivity index (χ0n) is 16.5. The summed E-state index contributed by atoms with van der Waals surface area (Å²) in [6.07, 6.45) is -8.50. The predicted octanol–water partition coefficient (Wildman–Crippen LogP) is -0.311. The Morgan fingerprint density at radius 1 is 0.938 bits per heavy atom. The number of carbonyl (C=O) groups excluding carboxylic acids is 1. The molecule has 172 valence electrons. The second kappa shape index (κ2) is 8.45. The number of hydrogen-bond donors (Lipinski definition) is 7. The molecule has 2 heterocycles. The first kappa shape index (κ1) is 22.1. The lowest BCUT2D eigenvalue weighted by molar-refractivity contribution is -0.277. The van der Waals surface area contributed by atoms with Gasteiger partial charge in [0.15, 0.2) is 17.3 Å². The number of carbonyl (C=O) groups is 1. The van der Waals surface area contributed by atoms with Crippen LogP contribution in [0, 0.1) is 0 Å². The number of Topliss-reactive ketones (excluding diaryl/α,β-unsaturated/α-hetero) is 1. The van der Waals surface area contributed by atoms with Crippen LogP contribution in [-0.4, -0.2) is 78.8 Å². The Balaban J connectivity index is 1.60. The second-order valence-electron chi connectivity index (χ2n) is 7.61. The number of aromatic hydroxyl groups is 3. The molecule has 0 aliphatic carbocycles. The maximum Gasteiger partial charge on any atom is 0.229 e. The molecule has 0 amide bonds. The van der Waals surface area contributed by atoms with Crippen LogP contribution in [-0.2, 0) is 4.74 Å². The molecule has 6 atom stereocenters. The lowest BCUT2D eigenvalue weighted by atomic mass is 9.95. The Labute approximate surface area is 181 Å². The fourth-order valence-electron chi connectivity index (χ4n) is 3.71. The van der Waals surface area contributed by atoms with Crippen molar-refractivity contribution in [1.82, 2.24) is 0 Å². The van der Waals surface area contributed by atoms with Gasteiger partial charge < -0.3 is 50.0 Å². The molecule has 2 aliphatic rings. The van der Waals surface area contributed by atoms with Gasteiger partial charge in [-0.3, -0.25) is 4.79 Å². The Morgan fingerprint density at radius 3 is 2.38 bits per heavy atom. The minimum absolute atomic E-state index is 0.0293. The summed E-state index contributed by atoms with van der Waals surface area (Å²) in [6.45, 7) is -0.640. The van der Waals surface area contributed by atoms with E-state index in [1.165, 1.54) is 24.3 Å². The van der Waals surface area contributed by atoms with Crippen molar-refractivity contribution in [3.63, 3.8) is 0 Å². The number of benzene rings is 2. The number of phenols is 3. The summed E-state index contributed by atoms with van der Waals surface area (Å²) < 4.78 is 16.6. The normalized spacial score (nSPS) is 29.8. The maximum atomic E-state index is 12.6. The Bertz CT molecular complexity index is 1020. The van der Waals surface area contributed by atoms with Crippen molar-refractivity contribution in [2.24, 2.45) is 0 Å². The number of ketones is 1. The van der Waals surface area contributed by atoms with Crippen LogP contribution < -0.4 is 9.47 Å². The van der Waals surface area contributed by atoms with Crippen molar-refractivity contribution in [3.8, 4) is 28.7 Å². The van der Waals surface area contributed by atoms with Crippen LogP contribution in [0.1, 0.15) is 28.4 Å². The lowest BCUT2D eigenvalue weighted by Gasteiger charge is -2.39. The number of hydrogen-bond acceptors (Lipinski definition) is 11. The highest BCUT2D eigenvalue weighted by molar-refractivity contribution is 6.02. The average molecular weight is 450 g/mol. The van der Waals surface area contributed by atoms with E-state index < -0.39 is 54.9 Å². The van der Waals surface area contributed by atoms with Gasteiger partial charge in [-0.25, -0.2) is 0 Å². The summed E-state index contributed by atoms with van der Waals surface area (Å²) in [5.74, 6) is -1.69. The lowest BCUT2D eigenvalue weighted by Crippen LogP contribution is -2.60. The van der Waals surface area contributed by atoms with Crippen LogP contribution in [0.25, 0.3) is 0 Å². The van der Waals surface area contributed by atoms with E-state index in [9.17, 15) is 40.5 Å². The summed E-state index contributed by atoms with van der Waals surface area (Å²) in [7, 11) is 0. The van der Waals surface area contributed by atoms with Gasteiger partial charge >= 0.3 is 0 Å². The largest absolute Gasteiger partial charge is 0.507 e. The SMILES string of the molecule is O=C1CC(c2ccc(O)c(O)c2)Oc2cc(O[C@@H]3OC(CO)[C@H](O)C(O)C3O)cc(O)c21. The van der Waals surface area contributed by atoms with Gasteiger partial charge in [0, 0.05) is 12.1 Å². The minimum atomic E-state index is -1.67. The molecule has 1 saturated heterocycles. The molecule has 2 aromatic carbocycles. The van der Waals surface area contributed by atoms with E-state index >= 15 is 0 Å². The van der Waals surface area contributed by atoms with Crippen molar-refractivity contribution in [1.29, 1.82) is 0 Å². The first-order valence-electron chi connectivity index (χ1n) is 9.75. The molecule has 2 aromatic rings. The summed E-state index contributed by atoms with van der Waals surface area (Å²) >= 11 is 0. The van der Waals surface area contributed by atoms with Gasteiger partial charge in [-0.15, -0.1) is 0 Å².